The first-order chi connectivity index (χ1) is 6.08. The van der Waals surface area contributed by atoms with Crippen molar-refractivity contribution in [2.75, 3.05) is 25.1 Å². The van der Waals surface area contributed by atoms with Crippen molar-refractivity contribution < 1.29 is 8.42 Å². The third kappa shape index (κ3) is 1.74. The van der Waals surface area contributed by atoms with Gasteiger partial charge < -0.3 is 5.32 Å². The Labute approximate surface area is 79.8 Å². The molecule has 1 heterocycles. The molecule has 1 saturated heterocycles. The predicted molar refractivity (Wildman–Crippen MR) is 52.4 cm³/mol. The third-order valence-corrected chi connectivity index (χ3v) is 5.37. The van der Waals surface area contributed by atoms with Crippen LogP contribution in [0.25, 0.3) is 0 Å². The lowest BCUT2D eigenvalue weighted by atomic mass is 9.99. The highest BCUT2D eigenvalue weighted by Gasteiger charge is 2.56. The number of hydrogen-bond donors (Lipinski definition) is 1. The second kappa shape index (κ2) is 2.95. The lowest BCUT2D eigenvalue weighted by Crippen LogP contribution is -2.29. The number of rotatable bonds is 2. The Bertz CT molecular complexity index is 299. The number of nitrogens with one attached hydrogen (secondary N) is 1. The van der Waals surface area contributed by atoms with Crippen LogP contribution in [0.3, 0.4) is 0 Å². The molecule has 0 aromatic carbocycles. The second-order valence-corrected chi connectivity index (χ2v) is 6.70. The van der Waals surface area contributed by atoms with E-state index in [-0.39, 0.29) is 5.41 Å². The summed E-state index contributed by atoms with van der Waals surface area (Å²) in [5, 5.41) is 3.13. The molecule has 1 N–H and O–H groups in total. The van der Waals surface area contributed by atoms with Crippen LogP contribution in [0.2, 0.25) is 0 Å². The van der Waals surface area contributed by atoms with E-state index in [9.17, 15) is 8.42 Å². The molecule has 0 radical (unpaired) electrons. The van der Waals surface area contributed by atoms with Gasteiger partial charge in [-0.05, 0) is 44.2 Å². The van der Waals surface area contributed by atoms with Gasteiger partial charge in [-0.3, -0.25) is 0 Å². The minimum absolute atomic E-state index is 0.181. The van der Waals surface area contributed by atoms with Crippen LogP contribution in [0.4, 0.5) is 0 Å². The van der Waals surface area contributed by atoms with Crippen LogP contribution in [0, 0.1) is 11.3 Å². The lowest BCUT2D eigenvalue weighted by molar-refractivity contribution is 0.425. The van der Waals surface area contributed by atoms with Gasteiger partial charge in [0.1, 0.15) is 0 Å². The molecule has 2 unspecified atom stereocenters. The summed E-state index contributed by atoms with van der Waals surface area (Å²) in [5.74, 6) is 1.49. The van der Waals surface area contributed by atoms with Crippen LogP contribution in [-0.4, -0.2) is 33.5 Å². The van der Waals surface area contributed by atoms with Crippen LogP contribution in [-0.2, 0) is 9.84 Å². The first-order valence-electron chi connectivity index (χ1n) is 4.93. The Morgan fingerprint density at radius 1 is 1.54 bits per heavy atom. The van der Waals surface area contributed by atoms with Gasteiger partial charge in [0, 0.05) is 0 Å². The summed E-state index contributed by atoms with van der Waals surface area (Å²) in [7, 11) is -0.773. The van der Waals surface area contributed by atoms with Gasteiger partial charge in [-0.25, -0.2) is 8.42 Å². The van der Waals surface area contributed by atoms with Crippen molar-refractivity contribution in [3.63, 3.8) is 0 Å². The molecule has 3 nitrogen and oxygen atoms in total. The maximum Gasteiger partial charge on any atom is 0.150 e. The van der Waals surface area contributed by atoms with E-state index in [1.165, 1.54) is 0 Å². The van der Waals surface area contributed by atoms with E-state index < -0.39 is 9.84 Å². The van der Waals surface area contributed by atoms with Crippen molar-refractivity contribution in [2.45, 2.75) is 19.3 Å². The van der Waals surface area contributed by atoms with E-state index in [4.69, 9.17) is 0 Å². The van der Waals surface area contributed by atoms with Crippen LogP contribution < -0.4 is 5.32 Å². The predicted octanol–water partition coefficient (Wildman–Crippen LogP) is 0.421. The van der Waals surface area contributed by atoms with Gasteiger partial charge in [0.05, 0.1) is 11.5 Å². The van der Waals surface area contributed by atoms with Crippen LogP contribution in [0.5, 0.6) is 0 Å². The number of sulfone groups is 1. The maximum absolute atomic E-state index is 11.4. The van der Waals surface area contributed by atoms with Gasteiger partial charge in [0.25, 0.3) is 0 Å². The zero-order valence-electron chi connectivity index (χ0n) is 8.04. The summed E-state index contributed by atoms with van der Waals surface area (Å²) in [6, 6.07) is 0. The van der Waals surface area contributed by atoms with E-state index in [1.807, 2.05) is 7.05 Å². The first-order valence-corrected chi connectivity index (χ1v) is 6.75. The van der Waals surface area contributed by atoms with Crippen molar-refractivity contribution in [1.29, 1.82) is 0 Å². The quantitative estimate of drug-likeness (QED) is 0.707. The highest BCUT2D eigenvalue weighted by molar-refractivity contribution is 7.91. The summed E-state index contributed by atoms with van der Waals surface area (Å²) in [4.78, 5) is 0. The monoisotopic (exact) mass is 203 g/mol. The summed E-state index contributed by atoms with van der Waals surface area (Å²) in [5.41, 5.74) is 0.181. The van der Waals surface area contributed by atoms with E-state index in [1.54, 1.807) is 0 Å². The summed E-state index contributed by atoms with van der Waals surface area (Å²) >= 11 is 0. The van der Waals surface area contributed by atoms with E-state index in [0.717, 1.165) is 25.8 Å². The molecule has 1 aliphatic heterocycles. The molecule has 4 heteroatoms. The Balaban J connectivity index is 2.03. The molecule has 13 heavy (non-hydrogen) atoms. The smallest absolute Gasteiger partial charge is 0.150 e. The topological polar surface area (TPSA) is 46.2 Å². The zero-order valence-corrected chi connectivity index (χ0v) is 8.86. The molecule has 2 atom stereocenters. The fourth-order valence-corrected chi connectivity index (χ4v) is 4.78. The third-order valence-electron chi connectivity index (χ3n) is 3.45. The molecule has 76 valence electrons. The van der Waals surface area contributed by atoms with E-state index in [2.05, 4.69) is 5.32 Å². The molecule has 1 spiro atoms. The lowest BCUT2D eigenvalue weighted by Gasteiger charge is -2.22. The molecule has 1 aliphatic carbocycles. The Morgan fingerprint density at radius 3 is 2.92 bits per heavy atom. The molecular weight excluding hydrogens is 186 g/mol. The normalized spacial score (nSPS) is 42.1. The molecule has 0 amide bonds. The van der Waals surface area contributed by atoms with Gasteiger partial charge in [0.15, 0.2) is 9.84 Å². The van der Waals surface area contributed by atoms with E-state index in [0.29, 0.717) is 17.4 Å². The minimum Gasteiger partial charge on any atom is -0.319 e. The van der Waals surface area contributed by atoms with Gasteiger partial charge in [-0.2, -0.15) is 0 Å². The highest BCUT2D eigenvalue weighted by atomic mass is 32.2. The second-order valence-electron chi connectivity index (χ2n) is 4.52. The zero-order chi connectivity index (χ0) is 9.53. The Kier molecular flexibility index (Phi) is 2.15. The minimum atomic E-state index is -2.71. The Morgan fingerprint density at radius 2 is 2.31 bits per heavy atom. The number of hydrogen-bond acceptors (Lipinski definition) is 3. The molecule has 0 aromatic rings. The Hall–Kier alpha value is -0.0900. The van der Waals surface area contributed by atoms with Crippen molar-refractivity contribution >= 4 is 9.84 Å². The molecule has 0 bridgehead atoms. The van der Waals surface area contributed by atoms with E-state index >= 15 is 0 Å². The molecule has 1 saturated carbocycles. The average molecular weight is 203 g/mol. The standard InChI is InChI=1S/C9H17NO2S/c1-10-6-8-5-9(8)3-2-4-13(11,12)7-9/h8,10H,2-7H2,1H3. The SMILES string of the molecule is CNCC1CC12CCCS(=O)(=O)C2. The molecule has 2 fully saturated rings. The van der Waals surface area contributed by atoms with Gasteiger partial charge in [-0.1, -0.05) is 0 Å². The van der Waals surface area contributed by atoms with Gasteiger partial charge in [-0.15, -0.1) is 0 Å². The van der Waals surface area contributed by atoms with Crippen LogP contribution >= 0.6 is 0 Å². The largest absolute Gasteiger partial charge is 0.319 e. The first kappa shape index (κ1) is 9.46. The summed E-state index contributed by atoms with van der Waals surface area (Å²) < 4.78 is 22.9. The molecule has 2 aliphatic rings. The van der Waals surface area contributed by atoms with Crippen molar-refractivity contribution in [3.8, 4) is 0 Å². The fourth-order valence-electron chi connectivity index (χ4n) is 2.68. The highest BCUT2D eigenvalue weighted by Crippen LogP contribution is 2.58. The molecular formula is C9H17NO2S. The fraction of sp³-hybridized carbons (Fsp3) is 1.00. The molecule has 0 aromatic heterocycles. The summed E-state index contributed by atoms with van der Waals surface area (Å²) in [6.07, 6.45) is 3.12. The maximum atomic E-state index is 11.4. The van der Waals surface area contributed by atoms with Crippen molar-refractivity contribution in [2.24, 2.45) is 11.3 Å². The van der Waals surface area contributed by atoms with Crippen molar-refractivity contribution in [1.82, 2.24) is 5.32 Å². The van der Waals surface area contributed by atoms with Crippen LogP contribution in [0.1, 0.15) is 19.3 Å². The van der Waals surface area contributed by atoms with Crippen molar-refractivity contribution in [3.05, 3.63) is 0 Å². The van der Waals surface area contributed by atoms with Crippen LogP contribution in [0.15, 0.2) is 0 Å². The molecule has 2 rings (SSSR count). The summed E-state index contributed by atoms with van der Waals surface area (Å²) in [6.45, 7) is 0.982. The average Bonchev–Trinajstić information content (AvgIpc) is 2.61. The van der Waals surface area contributed by atoms with Gasteiger partial charge >= 0.3 is 0 Å². The van der Waals surface area contributed by atoms with Gasteiger partial charge in [0.2, 0.25) is 0 Å².